The summed E-state index contributed by atoms with van der Waals surface area (Å²) in [6.07, 6.45) is 1.17. The van der Waals surface area contributed by atoms with Crippen LogP contribution in [0.5, 0.6) is 0 Å². The molecule has 0 unspecified atom stereocenters. The Hall–Kier alpha value is -1.96. The maximum Gasteiger partial charge on any atom is 0.172 e. The fraction of sp³-hybridized carbons (Fsp3) is 0.273. The Bertz CT molecular complexity index is 596. The molecule has 82 valence electrons. The van der Waals surface area contributed by atoms with Gasteiger partial charge in [-0.1, -0.05) is 5.16 Å². The van der Waals surface area contributed by atoms with Crippen molar-refractivity contribution < 1.29 is 13.3 Å². The molecule has 2 aromatic rings. The molecule has 2 rings (SSSR count). The van der Waals surface area contributed by atoms with E-state index in [1.165, 1.54) is 20.0 Å². The molecular weight excluding hydrogens is 214 g/mol. The molecule has 0 aliphatic rings. The van der Waals surface area contributed by atoms with Crippen molar-refractivity contribution in [2.75, 3.05) is 0 Å². The summed E-state index contributed by atoms with van der Waals surface area (Å²) in [4.78, 5) is 0. The van der Waals surface area contributed by atoms with E-state index in [-0.39, 0.29) is 16.5 Å². The Morgan fingerprint density at radius 1 is 1.44 bits per heavy atom. The molecule has 0 aliphatic carbocycles. The fourth-order valence-corrected chi connectivity index (χ4v) is 1.57. The molecule has 0 spiro atoms. The maximum absolute atomic E-state index is 14.0. The van der Waals surface area contributed by atoms with Crippen LogP contribution in [0.2, 0.25) is 0 Å². The quantitative estimate of drug-likeness (QED) is 0.745. The van der Waals surface area contributed by atoms with Gasteiger partial charge in [-0.2, -0.15) is 5.26 Å². The minimum Gasteiger partial charge on any atom is -0.356 e. The highest BCUT2D eigenvalue weighted by Crippen LogP contribution is 2.32. The summed E-state index contributed by atoms with van der Waals surface area (Å²) in [5.74, 6) is -1.59. The van der Waals surface area contributed by atoms with Crippen molar-refractivity contribution in [1.29, 1.82) is 5.26 Å². The van der Waals surface area contributed by atoms with Crippen molar-refractivity contribution in [2.24, 2.45) is 0 Å². The number of benzene rings is 1. The van der Waals surface area contributed by atoms with Gasteiger partial charge in [0.2, 0.25) is 0 Å². The molecule has 0 saturated heterocycles. The molecule has 3 nitrogen and oxygen atoms in total. The van der Waals surface area contributed by atoms with Gasteiger partial charge in [0.05, 0.1) is 23.1 Å². The van der Waals surface area contributed by atoms with Crippen molar-refractivity contribution in [2.45, 2.75) is 19.3 Å². The van der Waals surface area contributed by atoms with Crippen LogP contribution >= 0.6 is 0 Å². The number of aromatic nitrogens is 1. The molecule has 0 aliphatic heterocycles. The zero-order chi connectivity index (χ0) is 11.9. The predicted octanol–water partition coefficient (Wildman–Crippen LogP) is 2.91. The first-order valence-electron chi connectivity index (χ1n) is 4.61. The average Bonchev–Trinajstić information content (AvgIpc) is 2.65. The van der Waals surface area contributed by atoms with Crippen LogP contribution in [0.15, 0.2) is 16.8 Å². The SMILES string of the molecule is CC(C)(C#N)c1c(F)cc2oncc2c1F. The molecule has 0 atom stereocenters. The largest absolute Gasteiger partial charge is 0.356 e. The van der Waals surface area contributed by atoms with E-state index in [2.05, 4.69) is 9.68 Å². The fourth-order valence-electron chi connectivity index (χ4n) is 1.57. The number of nitriles is 1. The van der Waals surface area contributed by atoms with Crippen molar-refractivity contribution in [3.8, 4) is 6.07 Å². The standard InChI is InChI=1S/C11H8F2N2O/c1-11(2,5-14)9-7(12)3-8-6(10(9)13)4-15-16-8/h3-4H,1-2H3. The number of rotatable bonds is 1. The van der Waals surface area contributed by atoms with Gasteiger partial charge in [-0.05, 0) is 13.8 Å². The number of halogens is 2. The van der Waals surface area contributed by atoms with Crippen molar-refractivity contribution in [3.05, 3.63) is 29.5 Å². The van der Waals surface area contributed by atoms with Crippen LogP contribution in [0, 0.1) is 23.0 Å². The summed E-state index contributed by atoms with van der Waals surface area (Å²) in [6.45, 7) is 2.90. The lowest BCUT2D eigenvalue weighted by Crippen LogP contribution is -2.18. The second-order valence-electron chi connectivity index (χ2n) is 4.02. The first kappa shape index (κ1) is 10.6. The van der Waals surface area contributed by atoms with E-state index in [9.17, 15) is 8.78 Å². The number of fused-ring (bicyclic) bond motifs is 1. The lowest BCUT2D eigenvalue weighted by Gasteiger charge is -2.17. The summed E-state index contributed by atoms with van der Waals surface area (Å²) in [5, 5.41) is 12.4. The predicted molar refractivity (Wildman–Crippen MR) is 52.6 cm³/mol. The molecule has 1 aromatic carbocycles. The number of hydrogen-bond donors (Lipinski definition) is 0. The van der Waals surface area contributed by atoms with Gasteiger partial charge >= 0.3 is 0 Å². The first-order chi connectivity index (χ1) is 7.47. The number of nitrogens with zero attached hydrogens (tertiary/aromatic N) is 2. The summed E-state index contributed by atoms with van der Waals surface area (Å²) >= 11 is 0. The smallest absolute Gasteiger partial charge is 0.172 e. The van der Waals surface area contributed by atoms with E-state index in [4.69, 9.17) is 5.26 Å². The van der Waals surface area contributed by atoms with Gasteiger partial charge in [-0.25, -0.2) is 8.78 Å². The van der Waals surface area contributed by atoms with Gasteiger partial charge in [-0.3, -0.25) is 0 Å². The van der Waals surface area contributed by atoms with E-state index >= 15 is 0 Å². The van der Waals surface area contributed by atoms with Gasteiger partial charge in [0.25, 0.3) is 0 Å². The molecule has 0 saturated carbocycles. The van der Waals surface area contributed by atoms with Crippen LogP contribution in [0.3, 0.4) is 0 Å². The second kappa shape index (κ2) is 3.27. The summed E-state index contributed by atoms with van der Waals surface area (Å²) < 4.78 is 32.3. The van der Waals surface area contributed by atoms with E-state index in [0.29, 0.717) is 0 Å². The van der Waals surface area contributed by atoms with Crippen LogP contribution in [0.25, 0.3) is 11.0 Å². The number of hydrogen-bond acceptors (Lipinski definition) is 3. The zero-order valence-corrected chi connectivity index (χ0v) is 8.71. The molecular formula is C11H8F2N2O. The van der Waals surface area contributed by atoms with Crippen LogP contribution in [-0.2, 0) is 5.41 Å². The molecule has 0 bridgehead atoms. The molecule has 0 amide bonds. The van der Waals surface area contributed by atoms with Gasteiger partial charge in [0.1, 0.15) is 11.6 Å². The van der Waals surface area contributed by atoms with E-state index in [1.807, 2.05) is 6.07 Å². The summed E-state index contributed by atoms with van der Waals surface area (Å²) in [6, 6.07) is 2.91. The normalized spacial score (nSPS) is 11.7. The summed E-state index contributed by atoms with van der Waals surface area (Å²) in [7, 11) is 0. The van der Waals surface area contributed by atoms with Gasteiger partial charge in [-0.15, -0.1) is 0 Å². The Balaban J connectivity index is 2.85. The Kier molecular flexibility index (Phi) is 2.16. The highest BCUT2D eigenvalue weighted by Gasteiger charge is 2.30. The topological polar surface area (TPSA) is 49.8 Å². The minimum absolute atomic E-state index is 0.0347. The van der Waals surface area contributed by atoms with E-state index in [0.717, 1.165) is 6.07 Å². The molecule has 1 aromatic heterocycles. The van der Waals surface area contributed by atoms with Crippen molar-refractivity contribution in [1.82, 2.24) is 5.16 Å². The van der Waals surface area contributed by atoms with Gasteiger partial charge in [0, 0.05) is 11.6 Å². The Morgan fingerprint density at radius 2 is 2.12 bits per heavy atom. The Morgan fingerprint density at radius 3 is 2.75 bits per heavy atom. The minimum atomic E-state index is -1.24. The zero-order valence-electron chi connectivity index (χ0n) is 8.71. The lowest BCUT2D eigenvalue weighted by molar-refractivity contribution is 0.452. The molecule has 1 heterocycles. The highest BCUT2D eigenvalue weighted by molar-refractivity contribution is 5.78. The Labute approximate surface area is 90.3 Å². The van der Waals surface area contributed by atoms with E-state index < -0.39 is 17.0 Å². The van der Waals surface area contributed by atoms with Gasteiger partial charge in [0.15, 0.2) is 5.58 Å². The second-order valence-corrected chi connectivity index (χ2v) is 4.02. The monoisotopic (exact) mass is 222 g/mol. The molecule has 0 fully saturated rings. The third kappa shape index (κ3) is 1.34. The third-order valence-corrected chi connectivity index (χ3v) is 2.46. The van der Waals surface area contributed by atoms with Crippen LogP contribution in [0.4, 0.5) is 8.78 Å². The molecule has 0 radical (unpaired) electrons. The van der Waals surface area contributed by atoms with Crippen LogP contribution in [0.1, 0.15) is 19.4 Å². The van der Waals surface area contributed by atoms with Gasteiger partial charge < -0.3 is 4.52 Å². The maximum atomic E-state index is 14.0. The van der Waals surface area contributed by atoms with E-state index in [1.54, 1.807) is 0 Å². The van der Waals surface area contributed by atoms with Crippen LogP contribution < -0.4 is 0 Å². The molecule has 16 heavy (non-hydrogen) atoms. The first-order valence-corrected chi connectivity index (χ1v) is 4.61. The third-order valence-electron chi connectivity index (χ3n) is 2.46. The summed E-state index contributed by atoms with van der Waals surface area (Å²) in [5.41, 5.74) is -1.46. The van der Waals surface area contributed by atoms with Crippen molar-refractivity contribution >= 4 is 11.0 Å². The highest BCUT2D eigenvalue weighted by atomic mass is 19.1. The lowest BCUT2D eigenvalue weighted by atomic mass is 9.85. The molecule has 0 N–H and O–H groups in total. The molecule has 5 heteroatoms. The van der Waals surface area contributed by atoms with Crippen LogP contribution in [-0.4, -0.2) is 5.16 Å². The average molecular weight is 222 g/mol. The van der Waals surface area contributed by atoms with Crippen molar-refractivity contribution in [3.63, 3.8) is 0 Å².